The van der Waals surface area contributed by atoms with Gasteiger partial charge in [-0.3, -0.25) is 4.79 Å². The van der Waals surface area contributed by atoms with Crippen molar-refractivity contribution in [1.82, 2.24) is 0 Å². The topological polar surface area (TPSA) is 38.3 Å². The van der Waals surface area contributed by atoms with Gasteiger partial charge in [-0.2, -0.15) is 0 Å². The Balaban J connectivity index is 2.49. The van der Waals surface area contributed by atoms with E-state index in [2.05, 4.69) is 4.74 Å². The largest absolute Gasteiger partial charge is 0.463 e. The summed E-state index contributed by atoms with van der Waals surface area (Å²) >= 11 is 1.93. The van der Waals surface area contributed by atoms with Crippen molar-refractivity contribution in [3.05, 3.63) is 21.8 Å². The molecule has 1 aliphatic heterocycles. The molecule has 1 heterocycles. The smallest absolute Gasteiger partial charge is 0.306 e. The first-order valence-electron chi connectivity index (χ1n) is 4.74. The molecule has 0 unspecified atom stereocenters. The van der Waals surface area contributed by atoms with Crippen LogP contribution in [0.3, 0.4) is 0 Å². The van der Waals surface area contributed by atoms with Gasteiger partial charge in [0.2, 0.25) is 0 Å². The van der Waals surface area contributed by atoms with Crippen molar-refractivity contribution in [3.8, 4) is 5.75 Å². The molecule has 1 aromatic rings. The summed E-state index contributed by atoms with van der Waals surface area (Å²) in [5, 5.41) is 2.03. The van der Waals surface area contributed by atoms with Crippen LogP contribution >= 0.6 is 22.6 Å². The Hall–Kier alpha value is -1.06. The molecule has 0 atom stereocenters. The van der Waals surface area contributed by atoms with Gasteiger partial charge in [-0.25, -0.2) is 17.6 Å². The van der Waals surface area contributed by atoms with E-state index in [-0.39, 0.29) is 11.4 Å². The number of anilines is 1. The maximum Gasteiger partial charge on any atom is 0.306 e. The van der Waals surface area contributed by atoms with E-state index < -0.39 is 24.4 Å². The maximum atomic E-state index is 12.8. The molecule has 0 fully saturated rings. The highest BCUT2D eigenvalue weighted by molar-refractivity contribution is 14.1. The molecule has 0 saturated carbocycles. The molecule has 3 nitrogen and oxygen atoms in total. The summed E-state index contributed by atoms with van der Waals surface area (Å²) < 4.78 is 56.4. The quantitative estimate of drug-likeness (QED) is 0.638. The predicted octanol–water partition coefficient (Wildman–Crippen LogP) is 2.89. The fraction of sp³-hybridized carbons (Fsp3) is 0.300. The summed E-state index contributed by atoms with van der Waals surface area (Å²) in [5.74, 6) is -1.74. The van der Waals surface area contributed by atoms with E-state index in [0.717, 1.165) is 0 Å². The van der Waals surface area contributed by atoms with Gasteiger partial charge in [-0.1, -0.05) is 0 Å². The van der Waals surface area contributed by atoms with Gasteiger partial charge in [-0.15, -0.1) is 0 Å². The first kappa shape index (κ1) is 13.4. The summed E-state index contributed by atoms with van der Waals surface area (Å²) in [7, 11) is 0. The number of amides is 1. The standard InChI is InChI=1S/C10H6F4INO2/c11-7(12)10(8(13)14)9(17)16-5-3-4(15)1-2-6(5)18-10/h1-3,7-8H,(H,16,17). The Morgan fingerprint density at radius 3 is 2.39 bits per heavy atom. The van der Waals surface area contributed by atoms with Crippen molar-refractivity contribution in [2.45, 2.75) is 18.5 Å². The van der Waals surface area contributed by atoms with E-state index in [0.29, 0.717) is 3.57 Å². The molecule has 0 radical (unpaired) electrons. The Kier molecular flexibility index (Phi) is 3.39. The van der Waals surface area contributed by atoms with E-state index in [4.69, 9.17) is 0 Å². The highest BCUT2D eigenvalue weighted by Gasteiger charge is 2.60. The molecule has 98 valence electrons. The van der Waals surface area contributed by atoms with Crippen LogP contribution in [0.15, 0.2) is 18.2 Å². The average molecular weight is 375 g/mol. The monoisotopic (exact) mass is 375 g/mol. The van der Waals surface area contributed by atoms with Crippen LogP contribution in [0.1, 0.15) is 0 Å². The first-order valence-corrected chi connectivity index (χ1v) is 5.82. The molecule has 1 aromatic carbocycles. The third kappa shape index (κ3) is 1.91. The van der Waals surface area contributed by atoms with Gasteiger partial charge in [0.25, 0.3) is 18.8 Å². The minimum absolute atomic E-state index is 0.101. The molecule has 0 aliphatic carbocycles. The zero-order chi connectivity index (χ0) is 13.5. The number of hydrogen-bond donors (Lipinski definition) is 1. The first-order chi connectivity index (χ1) is 8.37. The fourth-order valence-corrected chi connectivity index (χ4v) is 2.01. The van der Waals surface area contributed by atoms with Crippen LogP contribution in [0.4, 0.5) is 23.2 Å². The van der Waals surface area contributed by atoms with Gasteiger partial charge in [-0.05, 0) is 40.8 Å². The van der Waals surface area contributed by atoms with Crippen LogP contribution in [-0.2, 0) is 4.79 Å². The van der Waals surface area contributed by atoms with Crippen LogP contribution in [-0.4, -0.2) is 24.4 Å². The lowest BCUT2D eigenvalue weighted by Gasteiger charge is -2.35. The van der Waals surface area contributed by atoms with E-state index in [1.54, 1.807) is 0 Å². The van der Waals surface area contributed by atoms with Crippen molar-refractivity contribution < 1.29 is 27.1 Å². The van der Waals surface area contributed by atoms with Crippen molar-refractivity contribution in [2.24, 2.45) is 0 Å². The molecular formula is C10H6F4INO2. The molecule has 0 aromatic heterocycles. The van der Waals surface area contributed by atoms with Crippen molar-refractivity contribution >= 4 is 34.2 Å². The average Bonchev–Trinajstić information content (AvgIpc) is 2.27. The van der Waals surface area contributed by atoms with E-state index in [1.165, 1.54) is 18.2 Å². The lowest BCUT2D eigenvalue weighted by atomic mass is 10.0. The molecule has 2 rings (SSSR count). The van der Waals surface area contributed by atoms with Crippen molar-refractivity contribution in [3.63, 3.8) is 0 Å². The lowest BCUT2D eigenvalue weighted by Crippen LogP contribution is -2.61. The van der Waals surface area contributed by atoms with E-state index in [1.807, 2.05) is 27.9 Å². The fourth-order valence-electron chi connectivity index (χ4n) is 1.52. The Morgan fingerprint density at radius 2 is 1.83 bits per heavy atom. The number of hydrogen-bond acceptors (Lipinski definition) is 2. The minimum Gasteiger partial charge on any atom is -0.463 e. The minimum atomic E-state index is -3.63. The van der Waals surface area contributed by atoms with Gasteiger partial charge < -0.3 is 10.1 Å². The van der Waals surface area contributed by atoms with Crippen molar-refractivity contribution in [2.75, 3.05) is 5.32 Å². The second kappa shape index (κ2) is 4.56. The number of rotatable bonds is 2. The van der Waals surface area contributed by atoms with Crippen molar-refractivity contribution in [1.29, 1.82) is 0 Å². The second-order valence-corrected chi connectivity index (χ2v) is 4.84. The van der Waals surface area contributed by atoms with Gasteiger partial charge in [0.1, 0.15) is 5.75 Å². The van der Waals surface area contributed by atoms with Crippen LogP contribution in [0, 0.1) is 3.57 Å². The van der Waals surface area contributed by atoms with Crippen LogP contribution in [0.25, 0.3) is 0 Å². The van der Waals surface area contributed by atoms with E-state index in [9.17, 15) is 22.4 Å². The summed E-state index contributed by atoms with van der Waals surface area (Å²) in [6.45, 7) is 0. The van der Waals surface area contributed by atoms with Crippen LogP contribution < -0.4 is 10.1 Å². The third-order valence-corrected chi connectivity index (χ3v) is 3.14. The molecule has 8 heteroatoms. The normalized spacial score (nSPS) is 17.4. The predicted molar refractivity (Wildman–Crippen MR) is 63.2 cm³/mol. The summed E-state index contributed by atoms with van der Waals surface area (Å²) in [5.41, 5.74) is -3.34. The number of alkyl halides is 4. The SMILES string of the molecule is O=C1Nc2cc(I)ccc2OC1(C(F)F)C(F)F. The Labute approximate surface area is 113 Å². The zero-order valence-electron chi connectivity index (χ0n) is 8.59. The lowest BCUT2D eigenvalue weighted by molar-refractivity contribution is -0.177. The molecule has 0 bridgehead atoms. The van der Waals surface area contributed by atoms with Gasteiger partial charge in [0, 0.05) is 3.57 Å². The number of carbonyl (C=O) groups excluding carboxylic acids is 1. The Morgan fingerprint density at radius 1 is 1.22 bits per heavy atom. The number of carbonyl (C=O) groups is 1. The number of benzene rings is 1. The molecular weight excluding hydrogens is 369 g/mol. The summed E-state index contributed by atoms with van der Waals surface area (Å²) in [6, 6.07) is 4.20. The van der Waals surface area contributed by atoms with E-state index >= 15 is 0 Å². The van der Waals surface area contributed by atoms with Crippen LogP contribution in [0.2, 0.25) is 0 Å². The number of fused-ring (bicyclic) bond motifs is 1. The molecule has 1 amide bonds. The molecule has 0 saturated heterocycles. The highest BCUT2D eigenvalue weighted by atomic mass is 127. The molecule has 1 N–H and O–H groups in total. The summed E-state index contributed by atoms with van der Waals surface area (Å²) in [4.78, 5) is 11.5. The van der Waals surface area contributed by atoms with Gasteiger partial charge in [0.15, 0.2) is 0 Å². The Bertz CT molecular complexity index is 487. The zero-order valence-corrected chi connectivity index (χ0v) is 10.8. The van der Waals surface area contributed by atoms with Gasteiger partial charge in [0.05, 0.1) is 5.69 Å². The number of nitrogens with one attached hydrogen (secondary N) is 1. The van der Waals surface area contributed by atoms with Gasteiger partial charge >= 0.3 is 5.60 Å². The molecule has 18 heavy (non-hydrogen) atoms. The third-order valence-electron chi connectivity index (χ3n) is 2.47. The number of ether oxygens (including phenoxy) is 1. The summed E-state index contributed by atoms with van der Waals surface area (Å²) in [6.07, 6.45) is -7.27. The second-order valence-electron chi connectivity index (χ2n) is 3.59. The van der Waals surface area contributed by atoms with Crippen LogP contribution in [0.5, 0.6) is 5.75 Å². The number of halogens is 5. The highest BCUT2D eigenvalue weighted by Crippen LogP contribution is 2.40. The molecule has 0 spiro atoms. The molecule has 1 aliphatic rings. The maximum absolute atomic E-state index is 12.8.